The first kappa shape index (κ1) is 49.0. The van der Waals surface area contributed by atoms with E-state index in [1.54, 1.807) is 72.6 Å². The number of likely N-dealkylation sites (N-methyl/N-ethyl adjacent to an activating group) is 1. The van der Waals surface area contributed by atoms with Gasteiger partial charge >= 0.3 is 0 Å². The minimum absolute atomic E-state index is 0.102. The van der Waals surface area contributed by atoms with Gasteiger partial charge in [-0.15, -0.1) is 0 Å². The lowest BCUT2D eigenvalue weighted by molar-refractivity contribution is -0.153. The van der Waals surface area contributed by atoms with Crippen molar-refractivity contribution in [3.63, 3.8) is 0 Å². The molecule has 0 unspecified atom stereocenters. The van der Waals surface area contributed by atoms with Gasteiger partial charge < -0.3 is 39.0 Å². The van der Waals surface area contributed by atoms with Crippen LogP contribution in [-0.2, 0) is 56.9 Å². The molecule has 2 aliphatic heterocycles. The zero-order chi connectivity index (χ0) is 48.0. The predicted octanol–water partition coefficient (Wildman–Crippen LogP) is 6.52. The van der Waals surface area contributed by atoms with Crippen LogP contribution >= 0.6 is 23.2 Å². The summed E-state index contributed by atoms with van der Waals surface area (Å²) in [6, 6.07) is 19.5. The first-order valence-corrected chi connectivity index (χ1v) is 23.2. The van der Waals surface area contributed by atoms with Gasteiger partial charge in [0.25, 0.3) is 0 Å². The van der Waals surface area contributed by atoms with Gasteiger partial charge in [0, 0.05) is 74.1 Å². The Balaban J connectivity index is 1.24. The molecule has 4 amide bonds. The number of nitrogens with zero attached hydrogens (tertiary/aromatic N) is 8. The maximum absolute atomic E-state index is 15.1. The van der Waals surface area contributed by atoms with E-state index >= 15 is 9.59 Å². The molecule has 3 aromatic heterocycles. The highest BCUT2D eigenvalue weighted by molar-refractivity contribution is 6.31. The quantitative estimate of drug-likeness (QED) is 0.138. The van der Waals surface area contributed by atoms with Crippen molar-refractivity contribution in [2.75, 3.05) is 47.9 Å². The second kappa shape index (κ2) is 21.4. The van der Waals surface area contributed by atoms with Gasteiger partial charge in [-0.05, 0) is 101 Å². The second-order valence-corrected chi connectivity index (χ2v) is 18.8. The Morgan fingerprint density at radius 3 is 2.39 bits per heavy atom. The van der Waals surface area contributed by atoms with Gasteiger partial charge in [-0.1, -0.05) is 47.5 Å². The predicted molar refractivity (Wildman–Crippen MR) is 256 cm³/mol. The van der Waals surface area contributed by atoms with Crippen LogP contribution in [0, 0.1) is 12.8 Å². The molecule has 2 aromatic carbocycles. The Bertz CT molecular complexity index is 2570. The van der Waals surface area contributed by atoms with Gasteiger partial charge in [-0.3, -0.25) is 29.1 Å². The van der Waals surface area contributed by atoms with Crippen LogP contribution in [0.5, 0.6) is 11.5 Å². The number of aryl methyl sites for hydroxylation is 1. The first-order valence-electron chi connectivity index (χ1n) is 22.4. The highest BCUT2D eigenvalue weighted by atomic mass is 35.5. The number of amides is 4. The fraction of sp³-hybridized carbons (Fsp3) is 0.420. The van der Waals surface area contributed by atoms with Crippen LogP contribution in [0.3, 0.4) is 0 Å². The third-order valence-electron chi connectivity index (χ3n) is 12.8. The molecule has 0 radical (unpaired) electrons. The zero-order valence-corrected chi connectivity index (χ0v) is 40.7. The first-order chi connectivity index (χ1) is 32.0. The number of pyridine rings is 2. The number of fused-ring (bicyclic) bond motifs is 2. The van der Waals surface area contributed by atoms with Gasteiger partial charge in [0.15, 0.2) is 0 Å². The van der Waals surface area contributed by atoms with Crippen LogP contribution in [0.15, 0.2) is 85.2 Å². The van der Waals surface area contributed by atoms with E-state index in [0.717, 1.165) is 22.8 Å². The minimum Gasteiger partial charge on any atom is -0.455 e. The van der Waals surface area contributed by atoms with Crippen molar-refractivity contribution >= 4 is 46.8 Å². The summed E-state index contributed by atoms with van der Waals surface area (Å²) in [6.45, 7) is 4.58. The van der Waals surface area contributed by atoms with Crippen molar-refractivity contribution in [1.82, 2.24) is 44.4 Å². The third-order valence-corrected chi connectivity index (χ3v) is 13.3. The molecule has 5 heterocycles. The molecule has 7 rings (SSSR count). The Morgan fingerprint density at radius 2 is 1.69 bits per heavy atom. The number of aromatic nitrogens is 4. The van der Waals surface area contributed by atoms with E-state index in [-0.39, 0.29) is 44.4 Å². The lowest BCUT2D eigenvalue weighted by atomic mass is 9.80. The lowest BCUT2D eigenvalue weighted by Gasteiger charge is -2.50. The molecule has 17 heteroatoms. The number of nitrogens with one attached hydrogen (secondary N) is 1. The molecule has 5 aromatic rings. The number of carbonyl (C=O) groups is 4. The molecule has 2 aliphatic rings. The van der Waals surface area contributed by atoms with Crippen LogP contribution in [0.2, 0.25) is 10.0 Å². The third kappa shape index (κ3) is 11.6. The number of rotatable bonds is 13. The molecule has 67 heavy (non-hydrogen) atoms. The van der Waals surface area contributed by atoms with E-state index in [2.05, 4.69) is 15.3 Å². The number of piperidine rings is 1. The van der Waals surface area contributed by atoms with Crippen LogP contribution in [0.25, 0.3) is 11.4 Å². The van der Waals surface area contributed by atoms with Crippen molar-refractivity contribution in [2.45, 2.75) is 76.7 Å². The number of benzene rings is 2. The average Bonchev–Trinajstić information content (AvgIpc) is 3.66. The highest BCUT2D eigenvalue weighted by Crippen LogP contribution is 2.35. The average molecular weight is 953 g/mol. The fourth-order valence-electron chi connectivity index (χ4n) is 9.07. The van der Waals surface area contributed by atoms with Crippen LogP contribution in [0.1, 0.15) is 54.5 Å². The summed E-state index contributed by atoms with van der Waals surface area (Å²) in [5, 5.41) is 3.91. The van der Waals surface area contributed by atoms with Gasteiger partial charge in [0.2, 0.25) is 23.6 Å². The fourth-order valence-corrected chi connectivity index (χ4v) is 9.36. The summed E-state index contributed by atoms with van der Waals surface area (Å²) >= 11 is 12.8. The number of halogens is 2. The zero-order valence-electron chi connectivity index (χ0n) is 39.2. The van der Waals surface area contributed by atoms with E-state index in [1.807, 2.05) is 73.9 Å². The number of imidazole rings is 1. The van der Waals surface area contributed by atoms with E-state index in [1.165, 1.54) is 12.0 Å². The van der Waals surface area contributed by atoms with Crippen molar-refractivity contribution in [3.05, 3.63) is 124 Å². The molecule has 0 saturated carbocycles. The van der Waals surface area contributed by atoms with Crippen LogP contribution in [-0.4, -0.2) is 128 Å². The lowest BCUT2D eigenvalue weighted by Crippen LogP contribution is -2.65. The summed E-state index contributed by atoms with van der Waals surface area (Å²) in [6.07, 6.45) is 4.97. The van der Waals surface area contributed by atoms with E-state index in [9.17, 15) is 9.59 Å². The monoisotopic (exact) mass is 951 g/mol. The maximum Gasteiger partial charge on any atom is 0.247 e. The normalized spacial score (nSPS) is 20.9. The molecule has 2 fully saturated rings. The number of hydrogen-bond acceptors (Lipinski definition) is 10. The maximum atomic E-state index is 15.1. The van der Waals surface area contributed by atoms with Gasteiger partial charge in [-0.2, -0.15) is 0 Å². The molecule has 354 valence electrons. The highest BCUT2D eigenvalue weighted by Gasteiger charge is 2.46. The Labute approximate surface area is 402 Å². The van der Waals surface area contributed by atoms with Gasteiger partial charge in [-0.25, -0.2) is 4.98 Å². The molecule has 2 bridgehead atoms. The van der Waals surface area contributed by atoms with E-state index < -0.39 is 35.4 Å². The summed E-state index contributed by atoms with van der Waals surface area (Å²) in [4.78, 5) is 80.3. The second-order valence-electron chi connectivity index (χ2n) is 18.0. The summed E-state index contributed by atoms with van der Waals surface area (Å²) in [5.41, 5.74) is 3.60. The summed E-state index contributed by atoms with van der Waals surface area (Å²) < 4.78 is 14.0. The van der Waals surface area contributed by atoms with E-state index in [0.29, 0.717) is 70.8 Å². The topological polar surface area (TPSA) is 155 Å². The SMILES string of the molecule is COC[C@@H]1NC(=O)[C@H](C)N(Cc2ccc(Cl)cc2Oc2ccc(-c3cnc(CN(C)C)n3C)nc2)C(=O)C[C@@H](Cc2cccc(C)n2)C(=O)N2CCC[C@@](Cc3ccc(Cl)cc3)(C2)N(C)C1=O. The molecule has 2 saturated heterocycles. The standard InChI is InChI=1S/C50H59Cl2N9O6/c1-32-10-8-11-39(55-32)22-36-23-46(62)61(28-35-14-17-38(52)24-44(35)67-40-18-19-41(53-26-40)43-27-54-45(58(43)5)29-57(3)4)33(2)47(63)56-42(30-66-7)49(65)59(6)50(20-9-21-60(31-50)48(36)64)25-34-12-15-37(51)16-13-34/h8,10-19,24,26-27,33,36,42H,9,20-23,25,28-31H2,1-7H3,(H,56,63)/t33-,36+,42-,50+/m0/s1. The largest absolute Gasteiger partial charge is 0.455 e. The number of hydrogen-bond donors (Lipinski definition) is 1. The number of ether oxygens (including phenoxy) is 2. The number of carbonyl (C=O) groups excluding carboxylic acids is 4. The van der Waals surface area contributed by atoms with E-state index in [4.69, 9.17) is 37.7 Å². The van der Waals surface area contributed by atoms with Crippen LogP contribution in [0.4, 0.5) is 0 Å². The Kier molecular flexibility index (Phi) is 15.7. The van der Waals surface area contributed by atoms with Crippen molar-refractivity contribution in [1.29, 1.82) is 0 Å². The molecule has 1 N–H and O–H groups in total. The van der Waals surface area contributed by atoms with Crippen LogP contribution < -0.4 is 10.1 Å². The Hall–Kier alpha value is -5.87. The summed E-state index contributed by atoms with van der Waals surface area (Å²) in [5.74, 6) is -0.834. The molecule has 0 aliphatic carbocycles. The summed E-state index contributed by atoms with van der Waals surface area (Å²) in [7, 11) is 9.11. The van der Waals surface area contributed by atoms with Gasteiger partial charge in [0.1, 0.15) is 29.4 Å². The molecule has 4 atom stereocenters. The molecular formula is C50H59Cl2N9O6. The molecular weight excluding hydrogens is 894 g/mol. The molecule has 15 nitrogen and oxygen atoms in total. The minimum atomic E-state index is -1.12. The van der Waals surface area contributed by atoms with Crippen molar-refractivity contribution in [3.8, 4) is 22.9 Å². The molecule has 0 spiro atoms. The number of methoxy groups -OCH3 is 1. The van der Waals surface area contributed by atoms with Crippen molar-refractivity contribution in [2.24, 2.45) is 13.0 Å². The van der Waals surface area contributed by atoms with Gasteiger partial charge in [0.05, 0.1) is 54.9 Å². The van der Waals surface area contributed by atoms with Crippen molar-refractivity contribution < 1.29 is 28.7 Å². The Morgan fingerprint density at radius 1 is 0.925 bits per heavy atom. The smallest absolute Gasteiger partial charge is 0.247 e.